The van der Waals surface area contributed by atoms with E-state index in [0.29, 0.717) is 37.4 Å². The first-order valence-corrected chi connectivity index (χ1v) is 11.4. The van der Waals surface area contributed by atoms with E-state index in [1.807, 2.05) is 19.1 Å². The van der Waals surface area contributed by atoms with Gasteiger partial charge in [-0.25, -0.2) is 8.42 Å². The van der Waals surface area contributed by atoms with Crippen molar-refractivity contribution < 1.29 is 22.7 Å². The number of benzene rings is 2. The second kappa shape index (κ2) is 9.30. The summed E-state index contributed by atoms with van der Waals surface area (Å²) in [7, 11) is -3.76. The van der Waals surface area contributed by atoms with E-state index in [0.717, 1.165) is 12.0 Å². The minimum absolute atomic E-state index is 0.0719. The van der Waals surface area contributed by atoms with Crippen LogP contribution in [0.5, 0.6) is 0 Å². The third-order valence-corrected chi connectivity index (χ3v) is 6.44. The molecule has 2 aromatic carbocycles. The van der Waals surface area contributed by atoms with Crippen molar-refractivity contribution in [2.45, 2.75) is 31.6 Å². The fourth-order valence-corrected chi connectivity index (χ4v) is 4.47. The van der Waals surface area contributed by atoms with Crippen LogP contribution in [0.3, 0.4) is 0 Å². The fourth-order valence-electron chi connectivity index (χ4n) is 3.41. The molecule has 8 heteroatoms. The molecule has 0 aromatic heterocycles. The minimum Gasteiger partial charge on any atom is -0.466 e. The molecule has 30 heavy (non-hydrogen) atoms. The second-order valence-corrected chi connectivity index (χ2v) is 9.02. The normalized spacial score (nSPS) is 16.7. The van der Waals surface area contributed by atoms with E-state index in [1.54, 1.807) is 24.0 Å². The number of hydrogen-bond donors (Lipinski definition) is 1. The zero-order valence-corrected chi connectivity index (χ0v) is 17.9. The highest BCUT2D eigenvalue weighted by Gasteiger charge is 2.30. The third kappa shape index (κ3) is 5.18. The van der Waals surface area contributed by atoms with Gasteiger partial charge in [0.2, 0.25) is 0 Å². The molecular weight excluding hydrogens is 404 g/mol. The van der Waals surface area contributed by atoms with Crippen molar-refractivity contribution in [2.24, 2.45) is 5.92 Å². The third-order valence-electron chi connectivity index (χ3n) is 5.04. The number of carbonyl (C=O) groups excluding carboxylic acids is 2. The van der Waals surface area contributed by atoms with Gasteiger partial charge in [-0.2, -0.15) is 0 Å². The number of nitrogens with one attached hydrogen (secondary N) is 1. The topological polar surface area (TPSA) is 92.8 Å². The summed E-state index contributed by atoms with van der Waals surface area (Å²) in [6, 6.07) is 12.9. The number of nitrogens with zero attached hydrogens (tertiary/aromatic N) is 1. The molecule has 0 spiro atoms. The van der Waals surface area contributed by atoms with Gasteiger partial charge < -0.3 is 9.64 Å². The fraction of sp³-hybridized carbons (Fsp3) is 0.364. The molecule has 0 aliphatic carbocycles. The number of esters is 1. The van der Waals surface area contributed by atoms with Gasteiger partial charge in [0.05, 0.1) is 17.4 Å². The Hall–Kier alpha value is -2.87. The van der Waals surface area contributed by atoms with Crippen LogP contribution in [0.4, 0.5) is 5.69 Å². The number of rotatable bonds is 6. The zero-order chi connectivity index (χ0) is 21.7. The maximum Gasteiger partial charge on any atom is 0.310 e. The number of hydrogen-bond acceptors (Lipinski definition) is 5. The molecule has 1 fully saturated rings. The second-order valence-electron chi connectivity index (χ2n) is 7.34. The maximum atomic E-state index is 12.8. The Morgan fingerprint density at radius 2 is 1.77 bits per heavy atom. The molecule has 160 valence electrons. The summed E-state index contributed by atoms with van der Waals surface area (Å²) in [5.74, 6) is -0.820. The van der Waals surface area contributed by atoms with Crippen LogP contribution in [0, 0.1) is 12.8 Å². The standard InChI is InChI=1S/C22H26N2O5S/c1-3-29-22(26)18-5-4-14-24(15-18)21(25)17-8-12-20(13-9-17)30(27,28)23-19-10-6-16(2)7-11-19/h6-13,18,23H,3-5,14-15H2,1-2H3. The Morgan fingerprint density at radius 3 is 2.40 bits per heavy atom. The number of likely N-dealkylation sites (tertiary alicyclic amines) is 1. The summed E-state index contributed by atoms with van der Waals surface area (Å²) in [6.45, 7) is 4.87. The van der Waals surface area contributed by atoms with Gasteiger partial charge in [0, 0.05) is 24.3 Å². The lowest BCUT2D eigenvalue weighted by Crippen LogP contribution is -2.42. The first kappa shape index (κ1) is 21.8. The van der Waals surface area contributed by atoms with Crippen LogP contribution in [0.1, 0.15) is 35.7 Å². The Bertz CT molecular complexity index is 1000. The van der Waals surface area contributed by atoms with Crippen LogP contribution in [-0.2, 0) is 19.6 Å². The van der Waals surface area contributed by atoms with E-state index in [-0.39, 0.29) is 22.7 Å². The van der Waals surface area contributed by atoms with Crippen LogP contribution in [0.25, 0.3) is 0 Å². The molecule has 2 aromatic rings. The largest absolute Gasteiger partial charge is 0.466 e. The number of carbonyl (C=O) groups is 2. The Kier molecular flexibility index (Phi) is 6.77. The van der Waals surface area contributed by atoms with E-state index in [1.165, 1.54) is 24.3 Å². The van der Waals surface area contributed by atoms with Crippen LogP contribution in [-0.4, -0.2) is 44.9 Å². The van der Waals surface area contributed by atoms with E-state index in [2.05, 4.69) is 4.72 Å². The van der Waals surface area contributed by atoms with Gasteiger partial charge in [0.1, 0.15) is 0 Å². The maximum absolute atomic E-state index is 12.8. The van der Waals surface area contributed by atoms with Crippen LogP contribution < -0.4 is 4.72 Å². The predicted molar refractivity (Wildman–Crippen MR) is 114 cm³/mol. The SMILES string of the molecule is CCOC(=O)C1CCCN(C(=O)c2ccc(S(=O)(=O)Nc3ccc(C)cc3)cc2)C1. The van der Waals surface area contributed by atoms with Crippen molar-refractivity contribution >= 4 is 27.6 Å². The van der Waals surface area contributed by atoms with E-state index >= 15 is 0 Å². The van der Waals surface area contributed by atoms with Crippen molar-refractivity contribution in [1.82, 2.24) is 4.90 Å². The molecule has 0 radical (unpaired) electrons. The van der Waals surface area contributed by atoms with Crippen molar-refractivity contribution in [1.29, 1.82) is 0 Å². The molecule has 1 aliphatic rings. The van der Waals surface area contributed by atoms with Crippen molar-refractivity contribution in [3.05, 3.63) is 59.7 Å². The van der Waals surface area contributed by atoms with Gasteiger partial charge >= 0.3 is 5.97 Å². The first-order chi connectivity index (χ1) is 14.3. The molecule has 7 nitrogen and oxygen atoms in total. The average Bonchev–Trinajstić information content (AvgIpc) is 2.75. The molecule has 1 N–H and O–H groups in total. The molecule has 1 heterocycles. The van der Waals surface area contributed by atoms with Crippen molar-refractivity contribution in [3.63, 3.8) is 0 Å². The summed E-state index contributed by atoms with van der Waals surface area (Å²) in [5, 5.41) is 0. The Labute approximate surface area is 177 Å². The highest BCUT2D eigenvalue weighted by atomic mass is 32.2. The quantitative estimate of drug-likeness (QED) is 0.711. The van der Waals surface area contributed by atoms with Crippen LogP contribution >= 0.6 is 0 Å². The van der Waals surface area contributed by atoms with E-state index in [9.17, 15) is 18.0 Å². The summed E-state index contributed by atoms with van der Waals surface area (Å²) >= 11 is 0. The molecule has 3 rings (SSSR count). The van der Waals surface area contributed by atoms with Crippen LogP contribution in [0.15, 0.2) is 53.4 Å². The van der Waals surface area contributed by atoms with Crippen LogP contribution in [0.2, 0.25) is 0 Å². The number of anilines is 1. The number of amides is 1. The highest BCUT2D eigenvalue weighted by molar-refractivity contribution is 7.92. The monoisotopic (exact) mass is 430 g/mol. The van der Waals surface area contributed by atoms with Gasteiger partial charge in [-0.05, 0) is 63.1 Å². The number of aryl methyl sites for hydroxylation is 1. The molecule has 1 atom stereocenters. The van der Waals surface area contributed by atoms with E-state index in [4.69, 9.17) is 4.74 Å². The van der Waals surface area contributed by atoms with Gasteiger partial charge in [0.25, 0.3) is 15.9 Å². The Balaban J connectivity index is 1.69. The zero-order valence-electron chi connectivity index (χ0n) is 17.1. The Morgan fingerprint density at radius 1 is 1.10 bits per heavy atom. The molecule has 0 bridgehead atoms. The molecule has 1 aliphatic heterocycles. The highest BCUT2D eigenvalue weighted by Crippen LogP contribution is 2.21. The summed E-state index contributed by atoms with van der Waals surface area (Å²) < 4.78 is 32.8. The molecule has 1 saturated heterocycles. The number of ether oxygens (including phenoxy) is 1. The smallest absolute Gasteiger partial charge is 0.310 e. The minimum atomic E-state index is -3.76. The van der Waals surface area contributed by atoms with Gasteiger partial charge in [-0.1, -0.05) is 17.7 Å². The molecule has 1 unspecified atom stereocenters. The van der Waals surface area contributed by atoms with E-state index < -0.39 is 10.0 Å². The lowest BCUT2D eigenvalue weighted by molar-refractivity contribution is -0.149. The summed E-state index contributed by atoms with van der Waals surface area (Å²) in [4.78, 5) is 26.5. The first-order valence-electron chi connectivity index (χ1n) is 9.95. The lowest BCUT2D eigenvalue weighted by Gasteiger charge is -2.31. The number of piperidine rings is 1. The predicted octanol–water partition coefficient (Wildman–Crippen LogP) is 3.21. The number of sulfonamides is 1. The summed E-state index contributed by atoms with van der Waals surface area (Å²) in [5.41, 5.74) is 1.89. The molecular formula is C22H26N2O5S. The van der Waals surface area contributed by atoms with Crippen molar-refractivity contribution in [3.8, 4) is 0 Å². The average molecular weight is 431 g/mol. The van der Waals surface area contributed by atoms with Gasteiger partial charge in [0.15, 0.2) is 0 Å². The summed E-state index contributed by atoms with van der Waals surface area (Å²) in [6.07, 6.45) is 1.42. The lowest BCUT2D eigenvalue weighted by atomic mass is 9.97. The van der Waals surface area contributed by atoms with Gasteiger partial charge in [-0.15, -0.1) is 0 Å². The molecule has 1 amide bonds. The van der Waals surface area contributed by atoms with Crippen molar-refractivity contribution in [2.75, 3.05) is 24.4 Å². The molecule has 0 saturated carbocycles. The van der Waals surface area contributed by atoms with Gasteiger partial charge in [-0.3, -0.25) is 14.3 Å².